The Bertz CT molecular complexity index is 789. The molecule has 0 spiro atoms. The van der Waals surface area contributed by atoms with E-state index in [-0.39, 0.29) is 5.69 Å². The van der Waals surface area contributed by atoms with Crippen molar-refractivity contribution in [2.45, 2.75) is 6.54 Å². The van der Waals surface area contributed by atoms with Gasteiger partial charge in [-0.2, -0.15) is 0 Å². The standard InChI is InChI=1S/C13H11ClN4O/c1-17-12-11(6-15-8-16-12)18(13(17)19)7-9-2-4-10(14)5-3-9/h2-6,8H,7H2,1H3. The molecule has 2 heterocycles. The Kier molecular flexibility index (Phi) is 2.83. The van der Waals surface area contributed by atoms with Gasteiger partial charge in [-0.15, -0.1) is 0 Å². The zero-order chi connectivity index (χ0) is 13.4. The van der Waals surface area contributed by atoms with Crippen molar-refractivity contribution < 1.29 is 0 Å². The second-order valence-corrected chi connectivity index (χ2v) is 4.72. The summed E-state index contributed by atoms with van der Waals surface area (Å²) in [5, 5.41) is 0.678. The molecule has 0 atom stereocenters. The Hall–Kier alpha value is -2.14. The van der Waals surface area contributed by atoms with Crippen molar-refractivity contribution in [1.29, 1.82) is 0 Å². The Morgan fingerprint density at radius 3 is 2.74 bits per heavy atom. The molecule has 3 rings (SSSR count). The second-order valence-electron chi connectivity index (χ2n) is 4.29. The van der Waals surface area contributed by atoms with Crippen molar-refractivity contribution in [3.63, 3.8) is 0 Å². The van der Waals surface area contributed by atoms with E-state index in [1.54, 1.807) is 17.8 Å². The average Bonchev–Trinajstić information content (AvgIpc) is 2.67. The number of rotatable bonds is 2. The molecule has 6 heteroatoms. The first kappa shape index (κ1) is 11.9. The van der Waals surface area contributed by atoms with Crippen LogP contribution in [0.5, 0.6) is 0 Å². The summed E-state index contributed by atoms with van der Waals surface area (Å²) in [5.74, 6) is 0. The summed E-state index contributed by atoms with van der Waals surface area (Å²) in [6, 6.07) is 7.42. The van der Waals surface area contributed by atoms with E-state index in [1.807, 2.05) is 24.3 Å². The van der Waals surface area contributed by atoms with Gasteiger partial charge in [0.2, 0.25) is 0 Å². The summed E-state index contributed by atoms with van der Waals surface area (Å²) < 4.78 is 3.17. The van der Waals surface area contributed by atoms with E-state index in [9.17, 15) is 4.79 Å². The third-order valence-electron chi connectivity index (χ3n) is 3.05. The molecule has 0 saturated heterocycles. The first-order valence-corrected chi connectivity index (χ1v) is 6.14. The molecule has 0 N–H and O–H groups in total. The molecule has 0 bridgehead atoms. The van der Waals surface area contributed by atoms with Crippen molar-refractivity contribution in [3.05, 3.63) is 57.9 Å². The van der Waals surface area contributed by atoms with Crippen molar-refractivity contribution in [1.82, 2.24) is 19.1 Å². The van der Waals surface area contributed by atoms with Gasteiger partial charge in [0.15, 0.2) is 5.65 Å². The van der Waals surface area contributed by atoms with Crippen LogP contribution in [0.1, 0.15) is 5.56 Å². The Balaban J connectivity index is 2.13. The van der Waals surface area contributed by atoms with Gasteiger partial charge in [0, 0.05) is 12.1 Å². The monoisotopic (exact) mass is 274 g/mol. The zero-order valence-corrected chi connectivity index (χ0v) is 11.0. The van der Waals surface area contributed by atoms with Crippen LogP contribution in [0.4, 0.5) is 0 Å². The molecule has 0 aliphatic heterocycles. The Morgan fingerprint density at radius 1 is 1.26 bits per heavy atom. The molecular weight excluding hydrogens is 264 g/mol. The van der Waals surface area contributed by atoms with E-state index in [0.717, 1.165) is 11.1 Å². The lowest BCUT2D eigenvalue weighted by atomic mass is 10.2. The van der Waals surface area contributed by atoms with Crippen molar-refractivity contribution >= 4 is 22.8 Å². The number of imidazole rings is 1. The molecule has 0 unspecified atom stereocenters. The zero-order valence-electron chi connectivity index (χ0n) is 10.2. The van der Waals surface area contributed by atoms with Crippen molar-refractivity contribution in [3.8, 4) is 0 Å². The summed E-state index contributed by atoms with van der Waals surface area (Å²) in [6.45, 7) is 0.473. The number of benzene rings is 1. The lowest BCUT2D eigenvalue weighted by molar-refractivity contribution is 0.734. The number of aryl methyl sites for hydroxylation is 1. The lowest BCUT2D eigenvalue weighted by Crippen LogP contribution is -2.22. The molecule has 0 aliphatic rings. The summed E-state index contributed by atoms with van der Waals surface area (Å²) >= 11 is 5.85. The van der Waals surface area contributed by atoms with Gasteiger partial charge in [-0.3, -0.25) is 9.13 Å². The molecule has 5 nitrogen and oxygen atoms in total. The lowest BCUT2D eigenvalue weighted by Gasteiger charge is -2.03. The first-order valence-electron chi connectivity index (χ1n) is 5.76. The van der Waals surface area contributed by atoms with Gasteiger partial charge in [0.1, 0.15) is 11.8 Å². The maximum atomic E-state index is 12.2. The number of hydrogen-bond donors (Lipinski definition) is 0. The fraction of sp³-hybridized carbons (Fsp3) is 0.154. The highest BCUT2D eigenvalue weighted by Crippen LogP contribution is 2.13. The van der Waals surface area contributed by atoms with Crippen LogP contribution >= 0.6 is 11.6 Å². The maximum Gasteiger partial charge on any atom is 0.330 e. The predicted octanol–water partition coefficient (Wildman–Crippen LogP) is 1.83. The quantitative estimate of drug-likeness (QED) is 0.716. The predicted molar refractivity (Wildman–Crippen MR) is 73.3 cm³/mol. The fourth-order valence-corrected chi connectivity index (χ4v) is 2.19. The van der Waals surface area contributed by atoms with E-state index >= 15 is 0 Å². The number of fused-ring (bicyclic) bond motifs is 1. The highest BCUT2D eigenvalue weighted by atomic mass is 35.5. The van der Waals surface area contributed by atoms with Crippen LogP contribution in [0.25, 0.3) is 11.2 Å². The number of hydrogen-bond acceptors (Lipinski definition) is 3. The first-order chi connectivity index (χ1) is 9.16. The summed E-state index contributed by atoms with van der Waals surface area (Å²) in [5.41, 5.74) is 2.26. The minimum absolute atomic E-state index is 0.106. The minimum atomic E-state index is -0.106. The third-order valence-corrected chi connectivity index (χ3v) is 3.30. The average molecular weight is 275 g/mol. The smallest absolute Gasteiger partial charge is 0.284 e. The van der Waals surface area contributed by atoms with Gasteiger partial charge in [-0.05, 0) is 17.7 Å². The van der Waals surface area contributed by atoms with Crippen molar-refractivity contribution in [2.24, 2.45) is 7.05 Å². The Labute approximate surface area is 114 Å². The minimum Gasteiger partial charge on any atom is -0.284 e. The Morgan fingerprint density at radius 2 is 2.00 bits per heavy atom. The van der Waals surface area contributed by atoms with Crippen LogP contribution < -0.4 is 5.69 Å². The molecule has 0 amide bonds. The van der Waals surface area contributed by atoms with Gasteiger partial charge in [0.25, 0.3) is 0 Å². The van der Waals surface area contributed by atoms with Gasteiger partial charge >= 0.3 is 5.69 Å². The van der Waals surface area contributed by atoms with E-state index in [4.69, 9.17) is 11.6 Å². The highest BCUT2D eigenvalue weighted by molar-refractivity contribution is 6.30. The molecule has 3 aromatic rings. The van der Waals surface area contributed by atoms with E-state index < -0.39 is 0 Å². The SMILES string of the molecule is Cn1c(=O)n(Cc2ccc(Cl)cc2)c2cncnc21. The molecular formula is C13H11ClN4O. The highest BCUT2D eigenvalue weighted by Gasteiger charge is 2.11. The van der Waals surface area contributed by atoms with Crippen LogP contribution in [0.3, 0.4) is 0 Å². The summed E-state index contributed by atoms with van der Waals surface area (Å²) in [7, 11) is 1.70. The van der Waals surface area contributed by atoms with Gasteiger partial charge in [0.05, 0.1) is 12.7 Å². The van der Waals surface area contributed by atoms with Gasteiger partial charge in [-0.25, -0.2) is 14.8 Å². The number of halogens is 1. The van der Waals surface area contributed by atoms with Crippen LogP contribution in [0.15, 0.2) is 41.6 Å². The second kappa shape index (κ2) is 4.51. The molecule has 2 aromatic heterocycles. The van der Waals surface area contributed by atoms with Gasteiger partial charge in [-0.1, -0.05) is 23.7 Å². The van der Waals surface area contributed by atoms with Crippen LogP contribution in [0.2, 0.25) is 5.02 Å². The largest absolute Gasteiger partial charge is 0.330 e. The van der Waals surface area contributed by atoms with E-state index in [2.05, 4.69) is 9.97 Å². The molecule has 19 heavy (non-hydrogen) atoms. The van der Waals surface area contributed by atoms with Crippen molar-refractivity contribution in [2.75, 3.05) is 0 Å². The molecule has 0 fully saturated rings. The molecule has 96 valence electrons. The molecule has 1 aromatic carbocycles. The van der Waals surface area contributed by atoms with E-state index in [0.29, 0.717) is 17.2 Å². The molecule has 0 saturated carbocycles. The summed E-state index contributed by atoms with van der Waals surface area (Å²) in [6.07, 6.45) is 3.09. The normalized spacial score (nSPS) is 11.1. The molecule has 0 radical (unpaired) electrons. The number of nitrogens with zero attached hydrogens (tertiary/aromatic N) is 4. The topological polar surface area (TPSA) is 52.7 Å². The maximum absolute atomic E-state index is 12.2. The molecule has 0 aliphatic carbocycles. The fourth-order valence-electron chi connectivity index (χ4n) is 2.06. The summed E-state index contributed by atoms with van der Waals surface area (Å²) in [4.78, 5) is 20.3. The van der Waals surface area contributed by atoms with Crippen LogP contribution in [-0.4, -0.2) is 19.1 Å². The van der Waals surface area contributed by atoms with Crippen LogP contribution in [0, 0.1) is 0 Å². The van der Waals surface area contributed by atoms with Gasteiger partial charge < -0.3 is 0 Å². The third kappa shape index (κ3) is 2.02. The number of aromatic nitrogens is 4. The van der Waals surface area contributed by atoms with E-state index in [1.165, 1.54) is 10.9 Å². The van der Waals surface area contributed by atoms with Crippen LogP contribution in [-0.2, 0) is 13.6 Å².